The van der Waals surface area contributed by atoms with Gasteiger partial charge in [0.05, 0.1) is 0 Å². The normalized spacial score (nSPS) is 16.5. The van der Waals surface area contributed by atoms with Crippen molar-refractivity contribution < 1.29 is 4.79 Å². The smallest absolute Gasteiger partial charge is 0.274 e. The highest BCUT2D eigenvalue weighted by Gasteiger charge is 2.16. The standard InChI is InChI=1S/C18H24N4O2/c1-13-18(24)22(17-15(20-13)10-7-11-19-17)12-16(23)21-14-8-5-3-2-4-6-9-14/h7,10-11,14H,2-6,8-9,12H2,1H3,(H,21,23). The number of rotatable bonds is 3. The molecule has 0 spiro atoms. The summed E-state index contributed by atoms with van der Waals surface area (Å²) in [5.74, 6) is -0.125. The minimum absolute atomic E-state index is 0.00773. The van der Waals surface area contributed by atoms with E-state index in [4.69, 9.17) is 0 Å². The number of aryl methyl sites for hydroxylation is 1. The van der Waals surface area contributed by atoms with Crippen LogP contribution in [0.3, 0.4) is 0 Å². The molecular weight excluding hydrogens is 304 g/mol. The molecular formula is C18H24N4O2. The maximum atomic E-state index is 12.5. The molecule has 1 aliphatic carbocycles. The van der Waals surface area contributed by atoms with Crippen LogP contribution in [-0.4, -0.2) is 26.5 Å². The van der Waals surface area contributed by atoms with Crippen molar-refractivity contribution in [2.24, 2.45) is 0 Å². The minimum atomic E-state index is -0.256. The van der Waals surface area contributed by atoms with E-state index >= 15 is 0 Å². The van der Waals surface area contributed by atoms with E-state index in [0.29, 0.717) is 16.9 Å². The van der Waals surface area contributed by atoms with Crippen LogP contribution in [0.4, 0.5) is 0 Å². The summed E-state index contributed by atoms with van der Waals surface area (Å²) < 4.78 is 1.43. The van der Waals surface area contributed by atoms with Gasteiger partial charge in [-0.15, -0.1) is 0 Å². The molecule has 0 aromatic carbocycles. The Morgan fingerprint density at radius 3 is 2.71 bits per heavy atom. The molecule has 0 atom stereocenters. The Morgan fingerprint density at radius 2 is 1.96 bits per heavy atom. The van der Waals surface area contributed by atoms with Crippen LogP contribution in [0.25, 0.3) is 11.2 Å². The summed E-state index contributed by atoms with van der Waals surface area (Å²) in [6.07, 6.45) is 9.75. The molecule has 3 rings (SSSR count). The molecule has 2 aromatic rings. The van der Waals surface area contributed by atoms with Gasteiger partial charge in [0.15, 0.2) is 5.65 Å². The van der Waals surface area contributed by atoms with E-state index in [1.54, 1.807) is 25.3 Å². The first-order valence-corrected chi connectivity index (χ1v) is 8.76. The second-order valence-corrected chi connectivity index (χ2v) is 6.54. The number of nitrogens with one attached hydrogen (secondary N) is 1. The lowest BCUT2D eigenvalue weighted by Gasteiger charge is -2.21. The van der Waals surface area contributed by atoms with E-state index in [-0.39, 0.29) is 24.1 Å². The third-order valence-electron chi connectivity index (χ3n) is 4.64. The summed E-state index contributed by atoms with van der Waals surface area (Å²) in [5, 5.41) is 3.10. The van der Waals surface area contributed by atoms with Gasteiger partial charge in [0.25, 0.3) is 5.56 Å². The van der Waals surface area contributed by atoms with Gasteiger partial charge in [-0.2, -0.15) is 0 Å². The summed E-state index contributed by atoms with van der Waals surface area (Å²) in [7, 11) is 0. The number of hydrogen-bond donors (Lipinski definition) is 1. The van der Waals surface area contributed by atoms with E-state index in [9.17, 15) is 9.59 Å². The summed E-state index contributed by atoms with van der Waals surface area (Å²) in [6, 6.07) is 3.80. The van der Waals surface area contributed by atoms with Gasteiger partial charge in [-0.05, 0) is 31.9 Å². The summed E-state index contributed by atoms with van der Waals surface area (Å²) in [4.78, 5) is 33.3. The van der Waals surface area contributed by atoms with Crippen molar-refractivity contribution in [3.63, 3.8) is 0 Å². The predicted octanol–water partition coefficient (Wildman–Crippen LogP) is 2.33. The van der Waals surface area contributed by atoms with Gasteiger partial charge in [-0.1, -0.05) is 32.1 Å². The number of hydrogen-bond acceptors (Lipinski definition) is 4. The third kappa shape index (κ3) is 3.80. The Bertz CT molecular complexity index is 776. The molecule has 1 saturated carbocycles. The molecule has 1 N–H and O–H groups in total. The van der Waals surface area contributed by atoms with Gasteiger partial charge in [0.1, 0.15) is 17.8 Å². The van der Waals surface area contributed by atoms with E-state index in [1.807, 2.05) is 0 Å². The third-order valence-corrected chi connectivity index (χ3v) is 4.64. The highest BCUT2D eigenvalue weighted by Crippen LogP contribution is 2.17. The van der Waals surface area contributed by atoms with Crippen molar-refractivity contribution >= 4 is 17.1 Å². The first kappa shape index (κ1) is 16.6. The maximum Gasteiger partial charge on any atom is 0.274 e. The zero-order chi connectivity index (χ0) is 16.9. The van der Waals surface area contributed by atoms with Crippen LogP contribution < -0.4 is 10.9 Å². The lowest BCUT2D eigenvalue weighted by Crippen LogP contribution is -2.39. The topological polar surface area (TPSA) is 76.9 Å². The SMILES string of the molecule is Cc1nc2cccnc2n(CC(=O)NC2CCCCCCC2)c1=O. The number of nitrogens with zero attached hydrogens (tertiary/aromatic N) is 3. The van der Waals surface area contributed by atoms with Gasteiger partial charge in [0.2, 0.25) is 5.91 Å². The number of fused-ring (bicyclic) bond motifs is 1. The second-order valence-electron chi connectivity index (χ2n) is 6.54. The first-order valence-electron chi connectivity index (χ1n) is 8.76. The van der Waals surface area contributed by atoms with Crippen molar-refractivity contribution in [1.82, 2.24) is 19.9 Å². The Kier molecular flexibility index (Phi) is 5.23. The van der Waals surface area contributed by atoms with Crippen molar-refractivity contribution in [2.45, 2.75) is 64.5 Å². The maximum absolute atomic E-state index is 12.5. The fourth-order valence-corrected chi connectivity index (χ4v) is 3.37. The van der Waals surface area contributed by atoms with Crippen LogP contribution in [0.1, 0.15) is 50.6 Å². The van der Waals surface area contributed by atoms with Crippen molar-refractivity contribution in [3.8, 4) is 0 Å². The molecule has 2 aromatic heterocycles. The fraction of sp³-hybridized carbons (Fsp3) is 0.556. The minimum Gasteiger partial charge on any atom is -0.352 e. The number of carbonyl (C=O) groups is 1. The number of pyridine rings is 1. The van der Waals surface area contributed by atoms with E-state index in [0.717, 1.165) is 25.7 Å². The molecule has 0 bridgehead atoms. The van der Waals surface area contributed by atoms with Crippen molar-refractivity contribution in [1.29, 1.82) is 0 Å². The van der Waals surface area contributed by atoms with E-state index in [1.165, 1.54) is 23.8 Å². The fourth-order valence-electron chi connectivity index (χ4n) is 3.37. The molecule has 24 heavy (non-hydrogen) atoms. The Hall–Kier alpha value is -2.24. The molecule has 0 aliphatic heterocycles. The average Bonchev–Trinajstić information content (AvgIpc) is 2.54. The highest BCUT2D eigenvalue weighted by molar-refractivity contribution is 5.78. The Balaban J connectivity index is 1.77. The molecule has 0 unspecified atom stereocenters. The quantitative estimate of drug-likeness (QED) is 0.938. The van der Waals surface area contributed by atoms with Crippen LogP contribution in [0.5, 0.6) is 0 Å². The van der Waals surface area contributed by atoms with Crippen LogP contribution >= 0.6 is 0 Å². The molecule has 0 saturated heterocycles. The molecule has 1 amide bonds. The predicted molar refractivity (Wildman–Crippen MR) is 92.8 cm³/mol. The van der Waals surface area contributed by atoms with Crippen LogP contribution in [0.15, 0.2) is 23.1 Å². The molecule has 128 valence electrons. The van der Waals surface area contributed by atoms with Crippen LogP contribution in [-0.2, 0) is 11.3 Å². The van der Waals surface area contributed by atoms with E-state index in [2.05, 4.69) is 15.3 Å². The van der Waals surface area contributed by atoms with Crippen LogP contribution in [0.2, 0.25) is 0 Å². The molecule has 1 aliphatic rings. The average molecular weight is 328 g/mol. The molecule has 6 heteroatoms. The zero-order valence-electron chi connectivity index (χ0n) is 14.1. The molecule has 6 nitrogen and oxygen atoms in total. The van der Waals surface area contributed by atoms with Gasteiger partial charge in [-0.3, -0.25) is 14.2 Å². The van der Waals surface area contributed by atoms with Gasteiger partial charge in [-0.25, -0.2) is 9.97 Å². The monoisotopic (exact) mass is 328 g/mol. The highest BCUT2D eigenvalue weighted by atomic mass is 16.2. The number of carbonyl (C=O) groups excluding carboxylic acids is 1. The molecule has 1 fully saturated rings. The second kappa shape index (κ2) is 7.55. The van der Waals surface area contributed by atoms with Crippen LogP contribution in [0, 0.1) is 6.92 Å². The summed E-state index contributed by atoms with van der Waals surface area (Å²) in [5.41, 5.74) is 1.22. The van der Waals surface area contributed by atoms with Gasteiger partial charge >= 0.3 is 0 Å². The Labute approximate surface area is 141 Å². The summed E-state index contributed by atoms with van der Waals surface area (Å²) >= 11 is 0. The largest absolute Gasteiger partial charge is 0.352 e. The lowest BCUT2D eigenvalue weighted by molar-refractivity contribution is -0.122. The molecule has 0 radical (unpaired) electrons. The van der Waals surface area contributed by atoms with Crippen molar-refractivity contribution in [2.75, 3.05) is 0 Å². The number of amides is 1. The lowest BCUT2D eigenvalue weighted by atomic mass is 9.97. The zero-order valence-corrected chi connectivity index (χ0v) is 14.1. The van der Waals surface area contributed by atoms with Gasteiger partial charge in [0, 0.05) is 12.2 Å². The van der Waals surface area contributed by atoms with E-state index < -0.39 is 0 Å². The number of aromatic nitrogens is 3. The van der Waals surface area contributed by atoms with Gasteiger partial charge < -0.3 is 5.32 Å². The first-order chi connectivity index (χ1) is 11.6. The molecule has 2 heterocycles. The summed E-state index contributed by atoms with van der Waals surface area (Å²) in [6.45, 7) is 1.66. The Morgan fingerprint density at radius 1 is 1.25 bits per heavy atom. The van der Waals surface area contributed by atoms with Crippen molar-refractivity contribution in [3.05, 3.63) is 34.4 Å².